The van der Waals surface area contributed by atoms with Gasteiger partial charge in [-0.1, -0.05) is 13.8 Å². The maximum absolute atomic E-state index is 12.3. The number of carbonyl (C=O) groups is 2. The molecule has 1 aliphatic heterocycles. The van der Waals surface area contributed by atoms with E-state index in [2.05, 4.69) is 24.1 Å². The van der Waals surface area contributed by atoms with Gasteiger partial charge in [-0.15, -0.1) is 0 Å². The van der Waals surface area contributed by atoms with E-state index in [-0.39, 0.29) is 29.3 Å². The Morgan fingerprint density at radius 3 is 2.78 bits per heavy atom. The molecule has 0 aromatic carbocycles. The number of carbonyl (C=O) groups excluding carboxylic acids is 1. The fourth-order valence-electron chi connectivity index (χ4n) is 2.87. The van der Waals surface area contributed by atoms with E-state index in [1.165, 1.54) is 12.1 Å². The molecule has 0 bridgehead atoms. The number of amides is 1. The Hall–Kier alpha value is -1.95. The number of aromatic carboxylic acids is 1. The number of pyridine rings is 1. The van der Waals surface area contributed by atoms with Gasteiger partial charge < -0.3 is 15.2 Å². The van der Waals surface area contributed by atoms with Crippen LogP contribution in [-0.2, 0) is 4.74 Å². The number of rotatable bonds is 5. The minimum atomic E-state index is -1.04. The van der Waals surface area contributed by atoms with Crippen molar-refractivity contribution in [2.75, 3.05) is 6.61 Å². The Morgan fingerprint density at radius 1 is 1.43 bits per heavy atom. The summed E-state index contributed by atoms with van der Waals surface area (Å²) in [6.07, 6.45) is 2.75. The van der Waals surface area contributed by atoms with E-state index >= 15 is 0 Å². The first-order chi connectivity index (χ1) is 10.9. The maximum atomic E-state index is 12.3. The molecule has 2 heterocycles. The molecule has 1 aliphatic rings. The molecule has 6 heteroatoms. The van der Waals surface area contributed by atoms with Crippen LogP contribution in [0.5, 0.6) is 0 Å². The molecule has 2 N–H and O–H groups in total. The van der Waals surface area contributed by atoms with E-state index in [0.29, 0.717) is 18.2 Å². The molecule has 1 amide bonds. The number of nitrogens with zero attached hydrogens (tertiary/aromatic N) is 1. The normalized spacial score (nSPS) is 21.2. The molecule has 0 spiro atoms. The van der Waals surface area contributed by atoms with Gasteiger partial charge >= 0.3 is 5.97 Å². The predicted octanol–water partition coefficient (Wildman–Crippen LogP) is 2.41. The van der Waals surface area contributed by atoms with E-state index < -0.39 is 5.97 Å². The van der Waals surface area contributed by atoms with Crippen LogP contribution in [0, 0.1) is 12.8 Å². The monoisotopic (exact) mass is 320 g/mol. The second-order valence-corrected chi connectivity index (χ2v) is 6.45. The van der Waals surface area contributed by atoms with Crippen molar-refractivity contribution < 1.29 is 19.4 Å². The van der Waals surface area contributed by atoms with Gasteiger partial charge in [0, 0.05) is 12.6 Å². The van der Waals surface area contributed by atoms with Crippen molar-refractivity contribution in [3.05, 3.63) is 29.1 Å². The largest absolute Gasteiger partial charge is 0.478 e. The third kappa shape index (κ3) is 4.76. The van der Waals surface area contributed by atoms with Gasteiger partial charge in [0.05, 0.1) is 17.4 Å². The second-order valence-electron chi connectivity index (χ2n) is 6.45. The summed E-state index contributed by atoms with van der Waals surface area (Å²) in [5, 5.41) is 12.0. The van der Waals surface area contributed by atoms with Gasteiger partial charge in [0.25, 0.3) is 5.91 Å². The highest BCUT2D eigenvalue weighted by Gasteiger charge is 2.25. The standard InChI is InChI=1S/C17H24N2O4/c1-10(2)8-13-9-12(6-7-23-13)19-16(20)15-5-4-14(17(21)22)11(3)18-15/h4-5,10,12-13H,6-9H2,1-3H3,(H,19,20)(H,21,22). The summed E-state index contributed by atoms with van der Waals surface area (Å²) >= 11 is 0. The van der Waals surface area contributed by atoms with Crippen LogP contribution in [0.3, 0.4) is 0 Å². The van der Waals surface area contributed by atoms with Gasteiger partial charge in [-0.3, -0.25) is 4.79 Å². The van der Waals surface area contributed by atoms with Crippen LogP contribution in [0.2, 0.25) is 0 Å². The van der Waals surface area contributed by atoms with E-state index in [9.17, 15) is 9.59 Å². The molecule has 126 valence electrons. The number of carboxylic acid groups (broad SMARTS) is 1. The number of ether oxygens (including phenoxy) is 1. The van der Waals surface area contributed by atoms with Gasteiger partial charge in [0.1, 0.15) is 5.69 Å². The number of hydrogen-bond acceptors (Lipinski definition) is 4. The quantitative estimate of drug-likeness (QED) is 0.870. The van der Waals surface area contributed by atoms with Crippen LogP contribution < -0.4 is 5.32 Å². The van der Waals surface area contributed by atoms with Gasteiger partial charge in [0.2, 0.25) is 0 Å². The lowest BCUT2D eigenvalue weighted by Gasteiger charge is -2.31. The van der Waals surface area contributed by atoms with Crippen molar-refractivity contribution in [2.45, 2.75) is 52.2 Å². The van der Waals surface area contributed by atoms with E-state index in [4.69, 9.17) is 9.84 Å². The zero-order valence-corrected chi connectivity index (χ0v) is 13.8. The average Bonchev–Trinajstić information content (AvgIpc) is 2.46. The van der Waals surface area contributed by atoms with Crippen molar-refractivity contribution in [2.24, 2.45) is 5.92 Å². The van der Waals surface area contributed by atoms with Crippen LogP contribution in [0.25, 0.3) is 0 Å². The van der Waals surface area contributed by atoms with Gasteiger partial charge in [-0.05, 0) is 44.2 Å². The fourth-order valence-corrected chi connectivity index (χ4v) is 2.87. The van der Waals surface area contributed by atoms with Gasteiger partial charge in [-0.25, -0.2) is 9.78 Å². The lowest BCUT2D eigenvalue weighted by Crippen LogP contribution is -2.42. The molecule has 1 aromatic rings. The van der Waals surface area contributed by atoms with Crippen molar-refractivity contribution in [3.63, 3.8) is 0 Å². The lowest BCUT2D eigenvalue weighted by atomic mass is 9.96. The molecular weight excluding hydrogens is 296 g/mol. The molecule has 2 rings (SSSR count). The molecular formula is C17H24N2O4. The fraction of sp³-hybridized carbons (Fsp3) is 0.588. The first-order valence-electron chi connectivity index (χ1n) is 8.00. The molecule has 0 radical (unpaired) electrons. The first-order valence-corrected chi connectivity index (χ1v) is 8.00. The number of hydrogen-bond donors (Lipinski definition) is 2. The zero-order chi connectivity index (χ0) is 17.0. The molecule has 2 atom stereocenters. The van der Waals surface area contributed by atoms with Gasteiger partial charge in [-0.2, -0.15) is 0 Å². The number of aryl methyl sites for hydroxylation is 1. The molecule has 0 aliphatic carbocycles. The highest BCUT2D eigenvalue weighted by molar-refractivity contribution is 5.94. The summed E-state index contributed by atoms with van der Waals surface area (Å²) in [4.78, 5) is 27.4. The smallest absolute Gasteiger partial charge is 0.337 e. The average molecular weight is 320 g/mol. The van der Waals surface area contributed by atoms with Crippen LogP contribution in [0.15, 0.2) is 12.1 Å². The second kappa shape index (κ2) is 7.55. The Bertz CT molecular complexity index is 586. The Balaban J connectivity index is 1.98. The maximum Gasteiger partial charge on any atom is 0.337 e. The summed E-state index contributed by atoms with van der Waals surface area (Å²) in [6, 6.07) is 2.95. The van der Waals surface area contributed by atoms with Crippen molar-refractivity contribution in [3.8, 4) is 0 Å². The Kier molecular flexibility index (Phi) is 5.71. The van der Waals surface area contributed by atoms with Gasteiger partial charge in [0.15, 0.2) is 0 Å². The molecule has 6 nitrogen and oxygen atoms in total. The number of carboxylic acids is 1. The van der Waals surface area contributed by atoms with Crippen molar-refractivity contribution in [1.29, 1.82) is 0 Å². The molecule has 1 fully saturated rings. The lowest BCUT2D eigenvalue weighted by molar-refractivity contribution is -0.00850. The topological polar surface area (TPSA) is 88.5 Å². The summed E-state index contributed by atoms with van der Waals surface area (Å²) < 4.78 is 5.74. The van der Waals surface area contributed by atoms with Crippen LogP contribution in [0.1, 0.15) is 59.7 Å². The predicted molar refractivity (Wildman–Crippen MR) is 85.6 cm³/mol. The SMILES string of the molecule is Cc1nc(C(=O)NC2CCOC(CC(C)C)C2)ccc1C(=O)O. The van der Waals surface area contributed by atoms with E-state index in [1.54, 1.807) is 6.92 Å². The minimum absolute atomic E-state index is 0.0706. The van der Waals surface area contributed by atoms with E-state index in [0.717, 1.165) is 19.3 Å². The molecule has 0 saturated carbocycles. The minimum Gasteiger partial charge on any atom is -0.478 e. The highest BCUT2D eigenvalue weighted by Crippen LogP contribution is 2.20. The van der Waals surface area contributed by atoms with Crippen LogP contribution in [-0.4, -0.2) is 40.7 Å². The van der Waals surface area contributed by atoms with Crippen LogP contribution in [0.4, 0.5) is 0 Å². The zero-order valence-electron chi connectivity index (χ0n) is 13.8. The number of nitrogens with one attached hydrogen (secondary N) is 1. The number of aromatic nitrogens is 1. The Labute approximate surface area is 136 Å². The summed E-state index contributed by atoms with van der Waals surface area (Å²) in [5.41, 5.74) is 0.707. The molecule has 1 aromatic heterocycles. The molecule has 1 saturated heterocycles. The van der Waals surface area contributed by atoms with Crippen molar-refractivity contribution >= 4 is 11.9 Å². The third-order valence-electron chi connectivity index (χ3n) is 3.99. The Morgan fingerprint density at radius 2 is 2.17 bits per heavy atom. The molecule has 23 heavy (non-hydrogen) atoms. The van der Waals surface area contributed by atoms with Crippen LogP contribution >= 0.6 is 0 Å². The summed E-state index contributed by atoms with van der Waals surface area (Å²) in [6.45, 7) is 6.55. The summed E-state index contributed by atoms with van der Waals surface area (Å²) in [7, 11) is 0. The first kappa shape index (κ1) is 17.4. The van der Waals surface area contributed by atoms with E-state index in [1.807, 2.05) is 0 Å². The molecule has 2 unspecified atom stereocenters. The summed E-state index contributed by atoms with van der Waals surface area (Å²) in [5.74, 6) is -0.745. The van der Waals surface area contributed by atoms with Crippen molar-refractivity contribution in [1.82, 2.24) is 10.3 Å². The third-order valence-corrected chi connectivity index (χ3v) is 3.99. The highest BCUT2D eigenvalue weighted by atomic mass is 16.5.